The van der Waals surface area contributed by atoms with Gasteiger partial charge in [-0.05, 0) is 52.6 Å². The molecule has 2 aliphatic rings. The predicted molar refractivity (Wildman–Crippen MR) is 224 cm³/mol. The Balaban J connectivity index is 1.04. The van der Waals surface area contributed by atoms with Crippen LogP contribution >= 0.6 is 0 Å². The third-order valence-electron chi connectivity index (χ3n) is 10.9. The Labute approximate surface area is 312 Å². The average Bonchev–Trinajstić information content (AvgIpc) is 3.79. The number of allylic oxidation sites excluding steroid dienone is 2. The molecule has 1 unspecified atom stereocenters. The summed E-state index contributed by atoms with van der Waals surface area (Å²) in [5, 5.41) is 8.30. The number of fused-ring (bicyclic) bond motifs is 7. The van der Waals surface area contributed by atoms with Gasteiger partial charge in [-0.1, -0.05) is 158 Å². The van der Waals surface area contributed by atoms with Crippen LogP contribution in [0.3, 0.4) is 0 Å². The molecule has 4 nitrogen and oxygen atoms in total. The molecule has 0 bridgehead atoms. The molecule has 0 radical (unpaired) electrons. The van der Waals surface area contributed by atoms with Crippen LogP contribution in [0.5, 0.6) is 0 Å². The Morgan fingerprint density at radius 2 is 1.15 bits per heavy atom. The Hall–Kier alpha value is -7.17. The van der Waals surface area contributed by atoms with Gasteiger partial charge in [0.05, 0.1) is 28.5 Å². The fourth-order valence-corrected chi connectivity index (χ4v) is 8.23. The van der Waals surface area contributed by atoms with E-state index in [1.54, 1.807) is 0 Å². The van der Waals surface area contributed by atoms with Crippen molar-refractivity contribution in [2.24, 2.45) is 4.99 Å². The lowest BCUT2D eigenvalue weighted by Crippen LogP contribution is -2.39. The van der Waals surface area contributed by atoms with Crippen LogP contribution in [-0.2, 0) is 0 Å². The third-order valence-corrected chi connectivity index (χ3v) is 10.9. The zero-order valence-corrected chi connectivity index (χ0v) is 29.3. The van der Waals surface area contributed by atoms with Crippen molar-refractivity contribution in [2.75, 3.05) is 0 Å². The van der Waals surface area contributed by atoms with Crippen LogP contribution in [0.25, 0.3) is 77.4 Å². The van der Waals surface area contributed by atoms with E-state index < -0.39 is 0 Å². The molecule has 1 aliphatic heterocycles. The SMILES string of the molecule is C1=CC2=C(c3ccc(-c4ccccc4)cc3)N=C(c3ccc4c(c3)oc3c(-n5c6ccccc6c6ccc(-c7ccccc7)cc65)cccc34)NC2C=C1. The quantitative estimate of drug-likeness (QED) is 0.195. The number of benzene rings is 7. The number of aromatic nitrogens is 1. The highest BCUT2D eigenvalue weighted by molar-refractivity contribution is 6.14. The van der Waals surface area contributed by atoms with Gasteiger partial charge in [0.1, 0.15) is 11.4 Å². The highest BCUT2D eigenvalue weighted by atomic mass is 16.3. The first-order valence-corrected chi connectivity index (χ1v) is 18.4. The first-order chi connectivity index (χ1) is 26.8. The van der Waals surface area contributed by atoms with E-state index in [1.807, 2.05) is 6.07 Å². The highest BCUT2D eigenvalue weighted by Gasteiger charge is 2.25. The van der Waals surface area contributed by atoms with Gasteiger partial charge in [-0.3, -0.25) is 0 Å². The van der Waals surface area contributed by atoms with Crippen LogP contribution in [0.2, 0.25) is 0 Å². The van der Waals surface area contributed by atoms with Crippen molar-refractivity contribution in [3.63, 3.8) is 0 Å². The first kappa shape index (κ1) is 30.5. The van der Waals surface area contributed by atoms with Crippen LogP contribution in [-0.4, -0.2) is 16.4 Å². The Morgan fingerprint density at radius 1 is 0.500 bits per heavy atom. The predicted octanol–water partition coefficient (Wildman–Crippen LogP) is 12.3. The molecule has 0 saturated heterocycles. The molecule has 3 heterocycles. The summed E-state index contributed by atoms with van der Waals surface area (Å²) in [6.45, 7) is 0. The van der Waals surface area contributed by atoms with Crippen LogP contribution in [0.4, 0.5) is 0 Å². The molecule has 0 saturated carbocycles. The van der Waals surface area contributed by atoms with E-state index in [0.29, 0.717) is 0 Å². The molecular weight excluding hydrogens is 659 g/mol. The van der Waals surface area contributed by atoms with Gasteiger partial charge in [0.25, 0.3) is 0 Å². The normalized spacial score (nSPS) is 15.3. The van der Waals surface area contributed by atoms with Gasteiger partial charge in [0.2, 0.25) is 0 Å². The molecule has 254 valence electrons. The number of hydrogen-bond donors (Lipinski definition) is 1. The van der Waals surface area contributed by atoms with Gasteiger partial charge in [-0.25, -0.2) is 4.99 Å². The maximum absolute atomic E-state index is 6.88. The van der Waals surface area contributed by atoms with E-state index in [0.717, 1.165) is 66.9 Å². The third kappa shape index (κ3) is 4.88. The number of para-hydroxylation sites is 2. The maximum Gasteiger partial charge on any atom is 0.159 e. The molecule has 1 atom stereocenters. The Morgan fingerprint density at radius 3 is 1.98 bits per heavy atom. The summed E-state index contributed by atoms with van der Waals surface area (Å²) in [6.07, 6.45) is 8.55. The molecule has 11 rings (SSSR count). The summed E-state index contributed by atoms with van der Waals surface area (Å²) < 4.78 is 9.25. The summed E-state index contributed by atoms with van der Waals surface area (Å²) in [5.74, 6) is 0.823. The lowest BCUT2D eigenvalue weighted by atomic mass is 9.93. The van der Waals surface area contributed by atoms with Gasteiger partial charge in [-0.15, -0.1) is 0 Å². The molecule has 1 N–H and O–H groups in total. The maximum atomic E-state index is 6.88. The van der Waals surface area contributed by atoms with Crippen molar-refractivity contribution in [3.05, 3.63) is 205 Å². The number of rotatable bonds is 5. The standard InChI is InChI=1S/C50H33N3O/c1-3-12-32(13-4-1)34-22-24-35(25-23-34)48-42-17-7-9-19-43(42)51-50(52-48)37-27-29-40-41-18-11-21-45(49(41)54-47(40)31-37)53-44-20-10-8-16-38(44)39-28-26-36(30-46(39)53)33-14-5-2-6-15-33/h1-31,43H,(H,51,52). The summed E-state index contributed by atoms with van der Waals surface area (Å²) in [5.41, 5.74) is 14.0. The number of amidine groups is 1. The minimum atomic E-state index is 0.0142. The number of hydrogen-bond acceptors (Lipinski definition) is 3. The summed E-state index contributed by atoms with van der Waals surface area (Å²) in [4.78, 5) is 5.28. The molecular formula is C50H33N3O. The molecule has 0 amide bonds. The monoisotopic (exact) mass is 691 g/mol. The van der Waals surface area contributed by atoms with Crippen molar-refractivity contribution in [1.29, 1.82) is 0 Å². The van der Waals surface area contributed by atoms with Crippen LogP contribution < -0.4 is 5.32 Å². The van der Waals surface area contributed by atoms with E-state index in [4.69, 9.17) is 9.41 Å². The molecule has 1 aliphatic carbocycles. The largest absolute Gasteiger partial charge is 0.454 e. The lowest BCUT2D eigenvalue weighted by molar-refractivity contribution is 0.666. The van der Waals surface area contributed by atoms with E-state index in [1.165, 1.54) is 33.0 Å². The van der Waals surface area contributed by atoms with E-state index in [-0.39, 0.29) is 6.04 Å². The Kier molecular flexibility index (Phi) is 6.89. The minimum absolute atomic E-state index is 0.0142. The molecule has 0 spiro atoms. The number of furan rings is 1. The van der Waals surface area contributed by atoms with Gasteiger partial charge in [-0.2, -0.15) is 0 Å². The van der Waals surface area contributed by atoms with E-state index >= 15 is 0 Å². The van der Waals surface area contributed by atoms with Gasteiger partial charge >= 0.3 is 0 Å². The number of nitrogens with one attached hydrogen (secondary N) is 1. The van der Waals surface area contributed by atoms with Crippen molar-refractivity contribution < 1.29 is 4.42 Å². The zero-order valence-electron chi connectivity index (χ0n) is 29.3. The highest BCUT2D eigenvalue weighted by Crippen LogP contribution is 2.40. The Bertz CT molecular complexity index is 3050. The molecule has 0 fully saturated rings. The van der Waals surface area contributed by atoms with Gasteiger partial charge < -0.3 is 14.3 Å². The van der Waals surface area contributed by atoms with Crippen LogP contribution in [0, 0.1) is 0 Å². The smallest absolute Gasteiger partial charge is 0.159 e. The van der Waals surface area contributed by atoms with Crippen LogP contribution in [0.15, 0.2) is 203 Å². The van der Waals surface area contributed by atoms with Gasteiger partial charge in [0, 0.05) is 38.2 Å². The number of nitrogens with zero attached hydrogens (tertiary/aromatic N) is 2. The second-order valence-electron chi connectivity index (χ2n) is 14.0. The second-order valence-corrected chi connectivity index (χ2v) is 14.0. The number of aliphatic imine (C=N–C) groups is 1. The van der Waals surface area contributed by atoms with Crippen molar-refractivity contribution in [3.8, 4) is 27.9 Å². The average molecular weight is 692 g/mol. The zero-order chi connectivity index (χ0) is 35.6. The van der Waals surface area contributed by atoms with E-state index in [2.05, 4.69) is 192 Å². The summed E-state index contributed by atoms with van der Waals surface area (Å²) >= 11 is 0. The van der Waals surface area contributed by atoms with Crippen molar-refractivity contribution >= 4 is 55.3 Å². The van der Waals surface area contributed by atoms with Crippen LogP contribution in [0.1, 0.15) is 11.1 Å². The molecule has 4 heteroatoms. The molecule has 54 heavy (non-hydrogen) atoms. The van der Waals surface area contributed by atoms with Crippen molar-refractivity contribution in [1.82, 2.24) is 9.88 Å². The fraction of sp³-hybridized carbons (Fsp3) is 0.0200. The molecule has 2 aromatic heterocycles. The molecule has 7 aromatic carbocycles. The first-order valence-electron chi connectivity index (χ1n) is 18.4. The second kappa shape index (κ2) is 12.2. The topological polar surface area (TPSA) is 42.5 Å². The van der Waals surface area contributed by atoms with Gasteiger partial charge in [0.15, 0.2) is 5.58 Å². The lowest BCUT2D eigenvalue weighted by Gasteiger charge is -2.28. The molecule has 9 aromatic rings. The van der Waals surface area contributed by atoms with E-state index in [9.17, 15) is 0 Å². The summed E-state index contributed by atoms with van der Waals surface area (Å²) in [7, 11) is 0. The summed E-state index contributed by atoms with van der Waals surface area (Å²) in [6, 6.07) is 58.2. The fourth-order valence-electron chi connectivity index (χ4n) is 8.23. The van der Waals surface area contributed by atoms with Crippen molar-refractivity contribution in [2.45, 2.75) is 6.04 Å². The minimum Gasteiger partial charge on any atom is -0.454 e.